The first-order valence-corrected chi connectivity index (χ1v) is 7.86. The molecular weight excluding hydrogens is 260 g/mol. The van der Waals surface area contributed by atoms with E-state index < -0.39 is 6.10 Å². The van der Waals surface area contributed by atoms with Crippen LogP contribution in [0.4, 0.5) is 0 Å². The van der Waals surface area contributed by atoms with Crippen molar-refractivity contribution in [3.63, 3.8) is 0 Å². The maximum atomic E-state index is 11.0. The summed E-state index contributed by atoms with van der Waals surface area (Å²) in [6.45, 7) is 6.45. The first kappa shape index (κ1) is 14.5. The van der Waals surface area contributed by atoms with Crippen molar-refractivity contribution in [3.8, 4) is 0 Å². The van der Waals surface area contributed by atoms with Gasteiger partial charge >= 0.3 is 0 Å². The fourth-order valence-corrected chi connectivity index (χ4v) is 3.40. The molecule has 3 heteroatoms. The third-order valence-corrected chi connectivity index (χ3v) is 4.85. The van der Waals surface area contributed by atoms with Crippen molar-refractivity contribution in [2.75, 3.05) is 13.1 Å². The second kappa shape index (κ2) is 5.74. The number of aromatic nitrogens is 1. The summed E-state index contributed by atoms with van der Waals surface area (Å²) >= 11 is 0. The second-order valence-corrected chi connectivity index (χ2v) is 6.55. The smallest absolute Gasteiger partial charge is 0.0974 e. The lowest BCUT2D eigenvalue weighted by molar-refractivity contribution is -0.0201. The van der Waals surface area contributed by atoms with Crippen LogP contribution in [0, 0.1) is 0 Å². The summed E-state index contributed by atoms with van der Waals surface area (Å²) in [5.41, 5.74) is 0.723. The van der Waals surface area contributed by atoms with E-state index in [1.165, 1.54) is 19.3 Å². The monoisotopic (exact) mass is 284 g/mol. The van der Waals surface area contributed by atoms with Gasteiger partial charge in [-0.05, 0) is 56.8 Å². The molecule has 1 atom stereocenters. The van der Waals surface area contributed by atoms with Crippen molar-refractivity contribution >= 4 is 10.8 Å². The first-order valence-electron chi connectivity index (χ1n) is 7.86. The van der Waals surface area contributed by atoms with Gasteiger partial charge in [-0.15, -0.1) is 0 Å². The van der Waals surface area contributed by atoms with Gasteiger partial charge in [-0.1, -0.05) is 24.6 Å². The summed E-state index contributed by atoms with van der Waals surface area (Å²) in [7, 11) is 0. The highest BCUT2D eigenvalue weighted by molar-refractivity contribution is 5.85. The van der Waals surface area contributed by atoms with Crippen molar-refractivity contribution in [2.24, 2.45) is 0 Å². The summed E-state index contributed by atoms with van der Waals surface area (Å²) in [6, 6.07) is 8.12. The Kier molecular flexibility index (Phi) is 3.96. The van der Waals surface area contributed by atoms with E-state index in [1.807, 2.05) is 24.4 Å². The number of fused-ring (bicyclic) bond motifs is 1. The average Bonchev–Trinajstić information content (AvgIpc) is 2.54. The molecule has 0 bridgehead atoms. The van der Waals surface area contributed by atoms with Gasteiger partial charge in [0.15, 0.2) is 0 Å². The van der Waals surface area contributed by atoms with Crippen LogP contribution in [-0.2, 0) is 0 Å². The molecule has 2 heterocycles. The molecule has 1 N–H and O–H groups in total. The number of piperidine rings is 1. The van der Waals surface area contributed by atoms with Gasteiger partial charge in [0.05, 0.1) is 6.10 Å². The van der Waals surface area contributed by atoms with Gasteiger partial charge in [0.1, 0.15) is 0 Å². The highest BCUT2D eigenvalue weighted by Gasteiger charge is 2.36. The van der Waals surface area contributed by atoms with E-state index in [9.17, 15) is 5.11 Å². The van der Waals surface area contributed by atoms with Gasteiger partial charge in [0.25, 0.3) is 0 Å². The molecule has 1 aliphatic rings. The zero-order valence-electron chi connectivity index (χ0n) is 12.9. The number of hydrogen-bond donors (Lipinski definition) is 1. The summed E-state index contributed by atoms with van der Waals surface area (Å²) in [4.78, 5) is 6.65. The number of nitrogens with zero attached hydrogens (tertiary/aromatic N) is 2. The highest BCUT2D eigenvalue weighted by Crippen LogP contribution is 2.35. The lowest BCUT2D eigenvalue weighted by Gasteiger charge is -2.44. The van der Waals surface area contributed by atoms with Crippen LogP contribution in [0.3, 0.4) is 0 Å². The molecule has 1 saturated heterocycles. The van der Waals surface area contributed by atoms with Crippen LogP contribution in [-0.4, -0.2) is 33.6 Å². The maximum absolute atomic E-state index is 11.0. The average molecular weight is 284 g/mol. The zero-order chi connectivity index (χ0) is 14.9. The SMILES string of the molecule is CC(C)(C(O)c1cccc2ccncc12)N1CCCCC1. The number of aliphatic hydroxyl groups is 1. The van der Waals surface area contributed by atoms with Gasteiger partial charge in [0, 0.05) is 23.3 Å². The molecule has 0 saturated carbocycles. The van der Waals surface area contributed by atoms with Crippen molar-refractivity contribution in [1.82, 2.24) is 9.88 Å². The third kappa shape index (κ3) is 2.68. The molecule has 1 aromatic carbocycles. The fraction of sp³-hybridized carbons (Fsp3) is 0.500. The Bertz CT molecular complexity index is 612. The predicted molar refractivity (Wildman–Crippen MR) is 86.2 cm³/mol. The molecule has 0 radical (unpaired) electrons. The molecule has 0 aliphatic carbocycles. The van der Waals surface area contributed by atoms with E-state index in [0.717, 1.165) is 29.4 Å². The molecule has 1 unspecified atom stereocenters. The van der Waals surface area contributed by atoms with Crippen LogP contribution in [0.5, 0.6) is 0 Å². The van der Waals surface area contributed by atoms with Gasteiger partial charge in [-0.2, -0.15) is 0 Å². The van der Waals surface area contributed by atoms with E-state index in [0.29, 0.717) is 0 Å². The molecule has 112 valence electrons. The third-order valence-electron chi connectivity index (χ3n) is 4.85. The topological polar surface area (TPSA) is 36.4 Å². The molecule has 0 amide bonds. The van der Waals surface area contributed by atoms with E-state index in [4.69, 9.17) is 0 Å². The minimum absolute atomic E-state index is 0.259. The molecule has 3 rings (SSSR count). The van der Waals surface area contributed by atoms with Crippen molar-refractivity contribution in [3.05, 3.63) is 42.2 Å². The predicted octanol–water partition coefficient (Wildman–Crippen LogP) is 3.53. The molecule has 0 spiro atoms. The Hall–Kier alpha value is -1.45. The van der Waals surface area contributed by atoms with E-state index in [1.54, 1.807) is 6.20 Å². The lowest BCUT2D eigenvalue weighted by Crippen LogP contribution is -2.50. The number of pyridine rings is 1. The molecule has 2 aromatic rings. The molecule has 1 aliphatic heterocycles. The Balaban J connectivity index is 1.97. The minimum Gasteiger partial charge on any atom is -0.386 e. The van der Waals surface area contributed by atoms with Crippen LogP contribution >= 0.6 is 0 Å². The summed E-state index contributed by atoms with van der Waals surface area (Å²) in [5, 5.41) is 13.2. The summed E-state index contributed by atoms with van der Waals surface area (Å²) in [6.07, 6.45) is 6.92. The van der Waals surface area contributed by atoms with Crippen LogP contribution in [0.25, 0.3) is 10.8 Å². The largest absolute Gasteiger partial charge is 0.386 e. The number of benzene rings is 1. The summed E-state index contributed by atoms with van der Waals surface area (Å²) in [5.74, 6) is 0. The Morgan fingerprint density at radius 3 is 2.67 bits per heavy atom. The van der Waals surface area contributed by atoms with E-state index >= 15 is 0 Å². The number of rotatable bonds is 3. The number of likely N-dealkylation sites (tertiary alicyclic amines) is 1. The van der Waals surface area contributed by atoms with Gasteiger partial charge < -0.3 is 5.11 Å². The van der Waals surface area contributed by atoms with Crippen molar-refractivity contribution in [1.29, 1.82) is 0 Å². The fourth-order valence-electron chi connectivity index (χ4n) is 3.40. The molecule has 1 aromatic heterocycles. The lowest BCUT2D eigenvalue weighted by atomic mass is 9.86. The normalized spacial score (nSPS) is 18.8. The minimum atomic E-state index is -0.511. The molecule has 21 heavy (non-hydrogen) atoms. The van der Waals surface area contributed by atoms with Crippen molar-refractivity contribution in [2.45, 2.75) is 44.8 Å². The highest BCUT2D eigenvalue weighted by atomic mass is 16.3. The van der Waals surface area contributed by atoms with Gasteiger partial charge in [-0.25, -0.2) is 0 Å². The van der Waals surface area contributed by atoms with Crippen molar-refractivity contribution < 1.29 is 5.11 Å². The Morgan fingerprint density at radius 1 is 1.14 bits per heavy atom. The van der Waals surface area contributed by atoms with Crippen LogP contribution in [0.2, 0.25) is 0 Å². The second-order valence-electron chi connectivity index (χ2n) is 6.55. The zero-order valence-corrected chi connectivity index (χ0v) is 12.9. The quantitative estimate of drug-likeness (QED) is 0.936. The number of hydrogen-bond acceptors (Lipinski definition) is 3. The standard InChI is InChI=1S/C18H24N2O/c1-18(2,20-11-4-3-5-12-20)17(21)15-8-6-7-14-9-10-19-13-16(14)15/h6-10,13,17,21H,3-5,11-12H2,1-2H3. The molecule has 3 nitrogen and oxygen atoms in total. The van der Waals surface area contributed by atoms with Crippen LogP contribution in [0.15, 0.2) is 36.7 Å². The number of aliphatic hydroxyl groups excluding tert-OH is 1. The van der Waals surface area contributed by atoms with Crippen LogP contribution < -0.4 is 0 Å². The molecular formula is C18H24N2O. The molecule has 1 fully saturated rings. The van der Waals surface area contributed by atoms with Gasteiger partial charge in [-0.3, -0.25) is 9.88 Å². The Morgan fingerprint density at radius 2 is 1.90 bits per heavy atom. The van der Waals surface area contributed by atoms with Gasteiger partial charge in [0.2, 0.25) is 0 Å². The summed E-state index contributed by atoms with van der Waals surface area (Å²) < 4.78 is 0. The maximum Gasteiger partial charge on any atom is 0.0974 e. The van der Waals surface area contributed by atoms with Crippen LogP contribution in [0.1, 0.15) is 44.8 Å². The first-order chi connectivity index (χ1) is 10.1. The van der Waals surface area contributed by atoms with E-state index in [2.05, 4.69) is 29.8 Å². The van der Waals surface area contributed by atoms with E-state index in [-0.39, 0.29) is 5.54 Å². The Labute approximate surface area is 126 Å².